The van der Waals surface area contributed by atoms with Gasteiger partial charge in [-0.1, -0.05) is 0 Å². The Balaban J connectivity index is 2.64. The highest BCUT2D eigenvalue weighted by Gasteiger charge is 2.13. The molecule has 120 valence electrons. The van der Waals surface area contributed by atoms with E-state index in [4.69, 9.17) is 26.4 Å². The zero-order valence-electron chi connectivity index (χ0n) is 13.1. The standard InChI is InChI=1S/C15H20N2O4S/c1-9(2)21-6-5-17-11-7-10(19-3)8-12(20-4)13(11)14(18)16-15(17)22/h7-9H,5-6H2,1-4H3,(H,16,18,22). The Morgan fingerprint density at radius 2 is 2.00 bits per heavy atom. The summed E-state index contributed by atoms with van der Waals surface area (Å²) in [5, 5.41) is 0.446. The molecule has 0 radical (unpaired) electrons. The van der Waals surface area contributed by atoms with Gasteiger partial charge in [0.2, 0.25) is 0 Å². The van der Waals surface area contributed by atoms with Gasteiger partial charge in [0.1, 0.15) is 16.9 Å². The molecule has 0 spiro atoms. The van der Waals surface area contributed by atoms with E-state index in [-0.39, 0.29) is 11.7 Å². The van der Waals surface area contributed by atoms with Crippen molar-refractivity contribution < 1.29 is 14.2 Å². The van der Waals surface area contributed by atoms with Gasteiger partial charge in [-0.15, -0.1) is 0 Å². The third-order valence-electron chi connectivity index (χ3n) is 3.26. The SMILES string of the molecule is COc1cc(OC)c2c(=O)[nH]c(=S)n(CCOC(C)C)c2c1. The number of fused-ring (bicyclic) bond motifs is 1. The monoisotopic (exact) mass is 324 g/mol. The van der Waals surface area contributed by atoms with Gasteiger partial charge in [-0.05, 0) is 26.1 Å². The lowest BCUT2D eigenvalue weighted by Crippen LogP contribution is -2.18. The van der Waals surface area contributed by atoms with Crippen molar-refractivity contribution in [3.8, 4) is 11.5 Å². The summed E-state index contributed by atoms with van der Waals surface area (Å²) in [4.78, 5) is 14.9. The lowest BCUT2D eigenvalue weighted by Gasteiger charge is -2.15. The minimum Gasteiger partial charge on any atom is -0.497 e. The fraction of sp³-hybridized carbons (Fsp3) is 0.467. The van der Waals surface area contributed by atoms with Crippen LogP contribution in [0.15, 0.2) is 16.9 Å². The minimum atomic E-state index is -0.277. The van der Waals surface area contributed by atoms with Crippen LogP contribution in [-0.4, -0.2) is 36.5 Å². The third kappa shape index (κ3) is 3.31. The molecule has 1 aromatic carbocycles. The molecule has 0 fully saturated rings. The molecule has 0 unspecified atom stereocenters. The zero-order valence-corrected chi connectivity index (χ0v) is 14.0. The summed E-state index contributed by atoms with van der Waals surface area (Å²) in [6.07, 6.45) is 0.132. The Labute approximate surface area is 133 Å². The van der Waals surface area contributed by atoms with Crippen molar-refractivity contribution in [2.45, 2.75) is 26.5 Å². The Hall–Kier alpha value is -1.86. The van der Waals surface area contributed by atoms with E-state index in [1.165, 1.54) is 7.11 Å². The molecule has 0 bridgehead atoms. The maximum atomic E-state index is 12.2. The van der Waals surface area contributed by atoms with Crippen molar-refractivity contribution in [3.05, 3.63) is 27.3 Å². The van der Waals surface area contributed by atoms with E-state index in [1.54, 1.807) is 19.2 Å². The molecule has 0 aliphatic heterocycles. The quantitative estimate of drug-likeness (QED) is 0.827. The van der Waals surface area contributed by atoms with Gasteiger partial charge in [0.25, 0.3) is 5.56 Å². The second-order valence-corrected chi connectivity index (χ2v) is 5.44. The van der Waals surface area contributed by atoms with E-state index in [0.717, 1.165) is 0 Å². The number of hydrogen-bond donors (Lipinski definition) is 1. The second kappa shape index (κ2) is 6.93. The van der Waals surface area contributed by atoms with E-state index < -0.39 is 0 Å². The van der Waals surface area contributed by atoms with Crippen LogP contribution in [0.1, 0.15) is 13.8 Å². The average molecular weight is 324 g/mol. The minimum absolute atomic E-state index is 0.132. The smallest absolute Gasteiger partial charge is 0.263 e. The summed E-state index contributed by atoms with van der Waals surface area (Å²) in [5.41, 5.74) is 0.387. The molecule has 0 amide bonds. The number of H-pyrrole nitrogens is 1. The van der Waals surface area contributed by atoms with Crippen LogP contribution in [0, 0.1) is 4.77 Å². The molecule has 1 heterocycles. The normalized spacial score (nSPS) is 11.1. The van der Waals surface area contributed by atoms with Crippen LogP contribution in [-0.2, 0) is 11.3 Å². The van der Waals surface area contributed by atoms with Crippen molar-refractivity contribution in [2.75, 3.05) is 20.8 Å². The summed E-state index contributed by atoms with van der Waals surface area (Å²) < 4.78 is 18.3. The van der Waals surface area contributed by atoms with E-state index in [0.29, 0.717) is 40.3 Å². The van der Waals surface area contributed by atoms with Gasteiger partial charge in [-0.25, -0.2) is 0 Å². The Morgan fingerprint density at radius 3 is 2.59 bits per heavy atom. The van der Waals surface area contributed by atoms with Crippen LogP contribution < -0.4 is 15.0 Å². The van der Waals surface area contributed by atoms with Gasteiger partial charge in [-0.2, -0.15) is 0 Å². The molecular formula is C15H20N2O4S. The summed E-state index contributed by atoms with van der Waals surface area (Å²) in [6.45, 7) is 4.96. The largest absolute Gasteiger partial charge is 0.497 e. The van der Waals surface area contributed by atoms with Crippen LogP contribution in [0.4, 0.5) is 0 Å². The number of nitrogens with zero attached hydrogens (tertiary/aromatic N) is 1. The topological polar surface area (TPSA) is 65.5 Å². The Bertz CT molecular complexity index is 779. The van der Waals surface area contributed by atoms with Crippen LogP contribution in [0.5, 0.6) is 11.5 Å². The molecule has 7 heteroatoms. The maximum Gasteiger partial charge on any atom is 0.263 e. The summed E-state index contributed by atoms with van der Waals surface area (Å²) >= 11 is 5.28. The molecule has 6 nitrogen and oxygen atoms in total. The summed E-state index contributed by atoms with van der Waals surface area (Å²) in [6, 6.07) is 3.45. The number of ether oxygens (including phenoxy) is 3. The fourth-order valence-electron chi connectivity index (χ4n) is 2.23. The van der Waals surface area contributed by atoms with Gasteiger partial charge < -0.3 is 18.8 Å². The second-order valence-electron chi connectivity index (χ2n) is 5.05. The molecule has 0 atom stereocenters. The van der Waals surface area contributed by atoms with E-state index in [1.807, 2.05) is 18.4 Å². The first-order valence-corrected chi connectivity index (χ1v) is 7.39. The van der Waals surface area contributed by atoms with Crippen LogP contribution in [0.2, 0.25) is 0 Å². The molecule has 22 heavy (non-hydrogen) atoms. The highest BCUT2D eigenvalue weighted by molar-refractivity contribution is 7.71. The van der Waals surface area contributed by atoms with Gasteiger partial charge in [-0.3, -0.25) is 9.78 Å². The zero-order chi connectivity index (χ0) is 16.3. The molecule has 0 aliphatic rings. The lowest BCUT2D eigenvalue weighted by molar-refractivity contribution is 0.0729. The van der Waals surface area contributed by atoms with E-state index in [2.05, 4.69) is 4.98 Å². The van der Waals surface area contributed by atoms with Crippen LogP contribution >= 0.6 is 12.2 Å². The van der Waals surface area contributed by atoms with E-state index in [9.17, 15) is 4.79 Å². The summed E-state index contributed by atoms with van der Waals surface area (Å²) in [7, 11) is 3.08. The lowest BCUT2D eigenvalue weighted by atomic mass is 10.2. The molecule has 0 aliphatic carbocycles. The molecule has 1 aromatic heterocycles. The molecule has 0 saturated heterocycles. The van der Waals surface area contributed by atoms with Crippen molar-refractivity contribution in [2.24, 2.45) is 0 Å². The number of hydrogen-bond acceptors (Lipinski definition) is 5. The average Bonchev–Trinajstić information content (AvgIpc) is 2.48. The number of nitrogens with one attached hydrogen (secondary N) is 1. The molecular weight excluding hydrogens is 304 g/mol. The third-order valence-corrected chi connectivity index (χ3v) is 3.58. The predicted octanol–water partition coefficient (Wildman–Crippen LogP) is 2.50. The fourth-order valence-corrected chi connectivity index (χ4v) is 2.52. The number of aromatic amines is 1. The van der Waals surface area contributed by atoms with Crippen LogP contribution in [0.25, 0.3) is 10.9 Å². The first kappa shape index (κ1) is 16.5. The van der Waals surface area contributed by atoms with Gasteiger partial charge in [0.15, 0.2) is 4.77 Å². The molecule has 2 rings (SSSR count). The summed E-state index contributed by atoms with van der Waals surface area (Å²) in [5.74, 6) is 1.05. The maximum absolute atomic E-state index is 12.2. The highest BCUT2D eigenvalue weighted by Crippen LogP contribution is 2.28. The number of rotatable bonds is 6. The van der Waals surface area contributed by atoms with E-state index >= 15 is 0 Å². The first-order chi connectivity index (χ1) is 10.5. The van der Waals surface area contributed by atoms with Crippen molar-refractivity contribution in [3.63, 3.8) is 0 Å². The van der Waals surface area contributed by atoms with Crippen molar-refractivity contribution in [1.29, 1.82) is 0 Å². The highest BCUT2D eigenvalue weighted by atomic mass is 32.1. The number of benzene rings is 1. The first-order valence-electron chi connectivity index (χ1n) is 6.98. The Kier molecular flexibility index (Phi) is 5.20. The molecule has 0 saturated carbocycles. The van der Waals surface area contributed by atoms with Gasteiger partial charge >= 0.3 is 0 Å². The van der Waals surface area contributed by atoms with Crippen molar-refractivity contribution >= 4 is 23.1 Å². The predicted molar refractivity (Wildman–Crippen MR) is 87.6 cm³/mol. The van der Waals surface area contributed by atoms with Gasteiger partial charge in [0, 0.05) is 18.7 Å². The number of methoxy groups -OCH3 is 2. The Morgan fingerprint density at radius 1 is 1.27 bits per heavy atom. The molecule has 1 N–H and O–H groups in total. The molecule has 2 aromatic rings. The van der Waals surface area contributed by atoms with Crippen LogP contribution in [0.3, 0.4) is 0 Å². The number of aromatic nitrogens is 2. The van der Waals surface area contributed by atoms with Gasteiger partial charge in [0.05, 0.1) is 32.4 Å². The van der Waals surface area contributed by atoms with Crippen molar-refractivity contribution in [1.82, 2.24) is 9.55 Å².